The van der Waals surface area contributed by atoms with E-state index in [0.717, 1.165) is 34.0 Å². The summed E-state index contributed by atoms with van der Waals surface area (Å²) in [5.41, 5.74) is 1.12. The summed E-state index contributed by atoms with van der Waals surface area (Å²) in [6, 6.07) is 5.56. The zero-order chi connectivity index (χ0) is 19.2. The van der Waals surface area contributed by atoms with Crippen LogP contribution >= 0.6 is 11.6 Å². The number of rotatable bonds is 6. The van der Waals surface area contributed by atoms with Gasteiger partial charge in [-0.1, -0.05) is 11.6 Å². The van der Waals surface area contributed by atoms with E-state index in [0.29, 0.717) is 11.6 Å². The Morgan fingerprint density at radius 3 is 2.41 bits per heavy atom. The van der Waals surface area contributed by atoms with Gasteiger partial charge in [0.15, 0.2) is 6.04 Å². The number of likely N-dealkylation sites (N-methyl/N-ethyl adjacent to an activating group) is 1. The van der Waals surface area contributed by atoms with Crippen LogP contribution in [0.25, 0.3) is 0 Å². The van der Waals surface area contributed by atoms with Crippen LogP contribution < -0.4 is 15.0 Å². The molecule has 1 aromatic carbocycles. The highest BCUT2D eigenvalue weighted by Gasteiger charge is 2.52. The van der Waals surface area contributed by atoms with Crippen molar-refractivity contribution in [1.82, 2.24) is 5.32 Å². The Morgan fingerprint density at radius 2 is 1.85 bits per heavy atom. The molecule has 1 unspecified atom stereocenters. The number of methoxy groups -OCH3 is 1. The summed E-state index contributed by atoms with van der Waals surface area (Å²) in [5.74, 6) is 3.54. The molecule has 2 atom stereocenters. The maximum absolute atomic E-state index is 13.1. The monoisotopic (exact) mass is 391 g/mol. The van der Waals surface area contributed by atoms with Crippen LogP contribution in [0.2, 0.25) is 5.02 Å². The van der Waals surface area contributed by atoms with E-state index in [1.54, 1.807) is 7.11 Å². The Kier molecular flexibility index (Phi) is 5.15. The van der Waals surface area contributed by atoms with Crippen molar-refractivity contribution in [2.45, 2.75) is 63.6 Å². The van der Waals surface area contributed by atoms with E-state index in [1.165, 1.54) is 38.5 Å². The van der Waals surface area contributed by atoms with Crippen LogP contribution in [0.5, 0.6) is 5.75 Å². The van der Waals surface area contributed by atoms with Gasteiger partial charge >= 0.3 is 0 Å². The highest BCUT2D eigenvalue weighted by atomic mass is 35.5. The van der Waals surface area contributed by atoms with Crippen molar-refractivity contribution in [2.24, 2.45) is 17.8 Å². The molecule has 0 radical (unpaired) electrons. The second kappa shape index (κ2) is 7.29. The first-order valence-corrected chi connectivity index (χ1v) is 10.7. The van der Waals surface area contributed by atoms with Crippen molar-refractivity contribution in [1.29, 1.82) is 0 Å². The summed E-state index contributed by atoms with van der Waals surface area (Å²) in [5, 5.41) is 4.21. The number of carbonyl (C=O) groups excluding carboxylic acids is 1. The third-order valence-electron chi connectivity index (χ3n) is 7.27. The minimum Gasteiger partial charge on any atom is -0.496 e. The number of quaternary nitrogens is 1. The second-order valence-corrected chi connectivity index (χ2v) is 9.82. The largest absolute Gasteiger partial charge is 0.496 e. The molecule has 4 aliphatic carbocycles. The van der Waals surface area contributed by atoms with Gasteiger partial charge in [0, 0.05) is 16.1 Å². The molecule has 1 amide bonds. The second-order valence-electron chi connectivity index (χ2n) is 9.39. The lowest BCUT2D eigenvalue weighted by Gasteiger charge is -2.57. The molecule has 0 aliphatic heterocycles. The average molecular weight is 392 g/mol. The normalized spacial score (nSPS) is 33.6. The SMILES string of the molecule is COc1ccc(Cl)cc1C[NH+](C)[C@@H](C)C(=O)NC12CC3CC(CC(C3)C1)C2. The molecule has 4 aliphatic rings. The van der Waals surface area contributed by atoms with Gasteiger partial charge in [-0.3, -0.25) is 4.79 Å². The first-order valence-electron chi connectivity index (χ1n) is 10.3. The molecule has 0 saturated heterocycles. The number of benzene rings is 1. The number of ether oxygens (including phenoxy) is 1. The predicted molar refractivity (Wildman–Crippen MR) is 107 cm³/mol. The third kappa shape index (κ3) is 3.84. The standard InChI is InChI=1S/C22H31ClN2O2/c1-14(25(2)13-18-9-19(23)4-5-20(18)27-3)21(26)24-22-10-15-6-16(11-22)8-17(7-15)12-22/h4-5,9,14-17H,6-8,10-13H2,1-3H3,(H,24,26)/p+1/t14-,15?,16?,17?,22?/m0/s1. The van der Waals surface area contributed by atoms with Crippen molar-refractivity contribution in [2.75, 3.05) is 14.2 Å². The highest BCUT2D eigenvalue weighted by molar-refractivity contribution is 6.30. The predicted octanol–water partition coefficient (Wildman–Crippen LogP) is 2.84. The first kappa shape index (κ1) is 19.1. The molecule has 4 fully saturated rings. The zero-order valence-electron chi connectivity index (χ0n) is 16.7. The molecular weight excluding hydrogens is 360 g/mol. The number of hydrogen-bond donors (Lipinski definition) is 2. The van der Waals surface area contributed by atoms with Crippen molar-refractivity contribution in [3.8, 4) is 5.75 Å². The Morgan fingerprint density at radius 1 is 1.26 bits per heavy atom. The smallest absolute Gasteiger partial charge is 0.278 e. The third-order valence-corrected chi connectivity index (χ3v) is 7.51. The Labute approximate surface area is 167 Å². The Hall–Kier alpha value is -1.26. The summed E-state index contributed by atoms with van der Waals surface area (Å²) in [7, 11) is 3.75. The summed E-state index contributed by atoms with van der Waals surface area (Å²) >= 11 is 6.16. The fourth-order valence-electron chi connectivity index (χ4n) is 6.20. The molecule has 0 spiro atoms. The van der Waals surface area contributed by atoms with Crippen LogP contribution in [0, 0.1) is 17.8 Å². The number of amides is 1. The molecule has 0 aromatic heterocycles. The van der Waals surface area contributed by atoms with Gasteiger partial charge in [-0.2, -0.15) is 0 Å². The van der Waals surface area contributed by atoms with E-state index in [2.05, 4.69) is 12.4 Å². The molecule has 0 heterocycles. The molecule has 4 bridgehead atoms. The van der Waals surface area contributed by atoms with E-state index < -0.39 is 0 Å². The van der Waals surface area contributed by atoms with Gasteiger partial charge in [-0.15, -0.1) is 0 Å². The molecule has 5 heteroatoms. The summed E-state index contributed by atoms with van der Waals surface area (Å²) in [6.07, 6.45) is 7.76. The summed E-state index contributed by atoms with van der Waals surface area (Å²) in [6.45, 7) is 2.74. The van der Waals surface area contributed by atoms with Crippen LogP contribution in [-0.2, 0) is 11.3 Å². The number of hydrogen-bond acceptors (Lipinski definition) is 2. The molecule has 4 nitrogen and oxygen atoms in total. The molecule has 2 N–H and O–H groups in total. The van der Waals surface area contributed by atoms with Crippen molar-refractivity contribution in [3.63, 3.8) is 0 Å². The Bertz CT molecular complexity index is 685. The zero-order valence-corrected chi connectivity index (χ0v) is 17.4. The van der Waals surface area contributed by atoms with Crippen molar-refractivity contribution in [3.05, 3.63) is 28.8 Å². The van der Waals surface area contributed by atoms with E-state index >= 15 is 0 Å². The Balaban J connectivity index is 1.41. The van der Waals surface area contributed by atoms with Crippen LogP contribution in [0.3, 0.4) is 0 Å². The van der Waals surface area contributed by atoms with Gasteiger partial charge in [0.05, 0.1) is 14.2 Å². The first-order chi connectivity index (χ1) is 12.9. The summed E-state index contributed by atoms with van der Waals surface area (Å²) < 4.78 is 5.46. The average Bonchev–Trinajstić information content (AvgIpc) is 2.59. The number of halogens is 1. The minimum atomic E-state index is -0.110. The number of nitrogens with one attached hydrogen (secondary N) is 2. The topological polar surface area (TPSA) is 42.8 Å². The lowest BCUT2D eigenvalue weighted by molar-refractivity contribution is -0.908. The van der Waals surface area contributed by atoms with Gasteiger partial charge < -0.3 is 15.0 Å². The van der Waals surface area contributed by atoms with Crippen molar-refractivity contribution >= 4 is 17.5 Å². The lowest BCUT2D eigenvalue weighted by Crippen LogP contribution is -3.12. The van der Waals surface area contributed by atoms with Crippen LogP contribution in [0.4, 0.5) is 0 Å². The quantitative estimate of drug-likeness (QED) is 0.783. The van der Waals surface area contributed by atoms with Crippen LogP contribution in [0.15, 0.2) is 18.2 Å². The molecule has 1 aromatic rings. The fourth-order valence-corrected chi connectivity index (χ4v) is 6.39. The van der Waals surface area contributed by atoms with Gasteiger partial charge in [0.1, 0.15) is 12.3 Å². The van der Waals surface area contributed by atoms with E-state index in [-0.39, 0.29) is 17.5 Å². The van der Waals surface area contributed by atoms with Gasteiger partial charge in [-0.25, -0.2) is 0 Å². The molecular formula is C22H32ClN2O2+. The fraction of sp³-hybridized carbons (Fsp3) is 0.682. The minimum absolute atomic E-state index is 0.0775. The maximum atomic E-state index is 13.1. The highest BCUT2D eigenvalue weighted by Crippen LogP contribution is 2.55. The van der Waals surface area contributed by atoms with Gasteiger partial charge in [-0.05, 0) is 81.4 Å². The van der Waals surface area contributed by atoms with Crippen molar-refractivity contribution < 1.29 is 14.4 Å². The summed E-state index contributed by atoms with van der Waals surface area (Å²) in [4.78, 5) is 14.2. The van der Waals surface area contributed by atoms with Crippen LogP contribution in [0.1, 0.15) is 51.0 Å². The molecule has 27 heavy (non-hydrogen) atoms. The van der Waals surface area contributed by atoms with Crippen LogP contribution in [-0.4, -0.2) is 31.6 Å². The van der Waals surface area contributed by atoms with E-state index in [9.17, 15) is 4.79 Å². The van der Waals surface area contributed by atoms with E-state index in [1.807, 2.05) is 25.1 Å². The van der Waals surface area contributed by atoms with E-state index in [4.69, 9.17) is 16.3 Å². The number of carbonyl (C=O) groups is 1. The molecule has 5 rings (SSSR count). The maximum Gasteiger partial charge on any atom is 0.278 e. The van der Waals surface area contributed by atoms with Gasteiger partial charge in [0.2, 0.25) is 0 Å². The van der Waals surface area contributed by atoms with Gasteiger partial charge in [0.25, 0.3) is 5.91 Å². The lowest BCUT2D eigenvalue weighted by atomic mass is 9.53. The molecule has 148 valence electrons. The molecule has 4 saturated carbocycles.